The SMILES string of the molecule is CNCC(C(C)C)N1CC(C)OC(C)(C)C1. The standard InChI is InChI=1S/C13H28N2O/c1-10(2)12(7-14-6)15-8-11(3)16-13(4,5)9-15/h10-12,14H,7-9H2,1-6H3. The van der Waals surface area contributed by atoms with E-state index in [0.29, 0.717) is 18.1 Å². The minimum absolute atomic E-state index is 0.0153. The maximum atomic E-state index is 5.95. The molecule has 2 unspecified atom stereocenters. The average Bonchev–Trinajstić information content (AvgIpc) is 2.09. The fourth-order valence-electron chi connectivity index (χ4n) is 2.75. The van der Waals surface area contributed by atoms with Crippen molar-refractivity contribution >= 4 is 0 Å². The van der Waals surface area contributed by atoms with E-state index in [4.69, 9.17) is 4.74 Å². The van der Waals surface area contributed by atoms with Gasteiger partial charge < -0.3 is 10.1 Å². The first kappa shape index (κ1) is 13.9. The lowest BCUT2D eigenvalue weighted by Gasteiger charge is -2.46. The first-order valence-electron chi connectivity index (χ1n) is 6.42. The van der Waals surface area contributed by atoms with Crippen LogP contribution in [0.5, 0.6) is 0 Å². The van der Waals surface area contributed by atoms with Crippen LogP contribution in [0.4, 0.5) is 0 Å². The van der Waals surface area contributed by atoms with Gasteiger partial charge in [0.25, 0.3) is 0 Å². The maximum Gasteiger partial charge on any atom is 0.0757 e. The highest BCUT2D eigenvalue weighted by Crippen LogP contribution is 2.24. The van der Waals surface area contributed by atoms with Crippen molar-refractivity contribution in [3.63, 3.8) is 0 Å². The zero-order valence-electron chi connectivity index (χ0n) is 11.7. The number of ether oxygens (including phenoxy) is 1. The summed E-state index contributed by atoms with van der Waals surface area (Å²) in [6, 6.07) is 0.607. The highest BCUT2D eigenvalue weighted by molar-refractivity contribution is 4.88. The van der Waals surface area contributed by atoms with Crippen LogP contribution in [0.2, 0.25) is 0 Å². The summed E-state index contributed by atoms with van der Waals surface area (Å²) in [4.78, 5) is 2.58. The Morgan fingerprint density at radius 3 is 2.50 bits per heavy atom. The Morgan fingerprint density at radius 2 is 2.06 bits per heavy atom. The first-order chi connectivity index (χ1) is 7.35. The third kappa shape index (κ3) is 3.72. The van der Waals surface area contributed by atoms with Crippen molar-refractivity contribution in [3.05, 3.63) is 0 Å². The minimum atomic E-state index is -0.0153. The predicted octanol–water partition coefficient (Wildman–Crippen LogP) is 1.73. The number of likely N-dealkylation sites (N-methyl/N-ethyl adjacent to an activating group) is 1. The Morgan fingerprint density at radius 1 is 1.44 bits per heavy atom. The molecular formula is C13H28N2O. The molecule has 3 nitrogen and oxygen atoms in total. The Bertz CT molecular complexity index is 216. The van der Waals surface area contributed by atoms with Crippen LogP contribution in [-0.4, -0.2) is 49.3 Å². The van der Waals surface area contributed by atoms with Crippen molar-refractivity contribution in [2.45, 2.75) is 52.4 Å². The molecule has 0 amide bonds. The molecule has 0 spiro atoms. The molecule has 0 aliphatic carbocycles. The minimum Gasteiger partial charge on any atom is -0.370 e. The normalized spacial score (nSPS) is 28.3. The molecule has 0 aromatic rings. The topological polar surface area (TPSA) is 24.5 Å². The summed E-state index contributed by atoms with van der Waals surface area (Å²) in [6.45, 7) is 14.3. The van der Waals surface area contributed by atoms with Crippen LogP contribution in [0.15, 0.2) is 0 Å². The molecule has 16 heavy (non-hydrogen) atoms. The van der Waals surface area contributed by atoms with Gasteiger partial charge in [-0.1, -0.05) is 13.8 Å². The van der Waals surface area contributed by atoms with E-state index in [-0.39, 0.29) is 5.60 Å². The van der Waals surface area contributed by atoms with Crippen LogP contribution < -0.4 is 5.32 Å². The number of morpholine rings is 1. The summed E-state index contributed by atoms with van der Waals surface area (Å²) in [7, 11) is 2.03. The van der Waals surface area contributed by atoms with E-state index in [0.717, 1.165) is 19.6 Å². The van der Waals surface area contributed by atoms with Gasteiger partial charge in [0, 0.05) is 25.7 Å². The van der Waals surface area contributed by atoms with Crippen LogP contribution in [-0.2, 0) is 4.74 Å². The highest BCUT2D eigenvalue weighted by Gasteiger charge is 2.35. The number of rotatable bonds is 4. The molecule has 0 bridgehead atoms. The number of hydrogen-bond donors (Lipinski definition) is 1. The van der Waals surface area contributed by atoms with E-state index in [9.17, 15) is 0 Å². The summed E-state index contributed by atoms with van der Waals surface area (Å²) in [5.41, 5.74) is -0.0153. The van der Waals surface area contributed by atoms with Gasteiger partial charge in [0.05, 0.1) is 11.7 Å². The van der Waals surface area contributed by atoms with Crippen molar-refractivity contribution in [1.29, 1.82) is 0 Å². The quantitative estimate of drug-likeness (QED) is 0.793. The Balaban J connectivity index is 2.69. The van der Waals surface area contributed by atoms with E-state index in [1.165, 1.54) is 0 Å². The molecule has 1 aliphatic heterocycles. The highest BCUT2D eigenvalue weighted by atomic mass is 16.5. The second-order valence-electron chi connectivity index (χ2n) is 5.99. The summed E-state index contributed by atoms with van der Waals surface area (Å²) in [6.07, 6.45) is 0.335. The molecule has 1 aliphatic rings. The van der Waals surface area contributed by atoms with Gasteiger partial charge in [0.1, 0.15) is 0 Å². The molecule has 1 N–H and O–H groups in total. The predicted molar refractivity (Wildman–Crippen MR) is 68.8 cm³/mol. The molecule has 96 valence electrons. The summed E-state index contributed by atoms with van der Waals surface area (Å²) in [5, 5.41) is 3.31. The summed E-state index contributed by atoms with van der Waals surface area (Å²) >= 11 is 0. The maximum absolute atomic E-state index is 5.95. The van der Waals surface area contributed by atoms with Crippen molar-refractivity contribution in [3.8, 4) is 0 Å². The molecule has 3 heteroatoms. The Hall–Kier alpha value is -0.120. The second kappa shape index (κ2) is 5.48. The van der Waals surface area contributed by atoms with E-state index >= 15 is 0 Å². The van der Waals surface area contributed by atoms with Gasteiger partial charge in [0.15, 0.2) is 0 Å². The van der Waals surface area contributed by atoms with Gasteiger partial charge in [-0.25, -0.2) is 0 Å². The average molecular weight is 228 g/mol. The molecule has 2 atom stereocenters. The van der Waals surface area contributed by atoms with Crippen molar-refractivity contribution in [1.82, 2.24) is 10.2 Å². The van der Waals surface area contributed by atoms with Gasteiger partial charge in [-0.3, -0.25) is 4.90 Å². The molecule has 0 aromatic heterocycles. The van der Waals surface area contributed by atoms with Crippen LogP contribution >= 0.6 is 0 Å². The Labute approximate surface area is 101 Å². The lowest BCUT2D eigenvalue weighted by molar-refractivity contribution is -0.140. The molecular weight excluding hydrogens is 200 g/mol. The second-order valence-corrected chi connectivity index (χ2v) is 5.99. The molecule has 1 heterocycles. The lowest BCUT2D eigenvalue weighted by Crippen LogP contribution is -2.58. The summed E-state index contributed by atoms with van der Waals surface area (Å²) in [5.74, 6) is 0.675. The van der Waals surface area contributed by atoms with Crippen LogP contribution in [0.25, 0.3) is 0 Å². The van der Waals surface area contributed by atoms with E-state index < -0.39 is 0 Å². The Kier molecular flexibility index (Phi) is 4.77. The molecule has 1 saturated heterocycles. The number of nitrogens with zero attached hydrogens (tertiary/aromatic N) is 1. The van der Waals surface area contributed by atoms with Crippen molar-refractivity contribution < 1.29 is 4.74 Å². The summed E-state index contributed by atoms with van der Waals surface area (Å²) < 4.78 is 5.95. The number of nitrogens with one attached hydrogen (secondary N) is 1. The van der Waals surface area contributed by atoms with E-state index in [1.54, 1.807) is 0 Å². The third-order valence-corrected chi connectivity index (χ3v) is 3.25. The van der Waals surface area contributed by atoms with Gasteiger partial charge in [-0.05, 0) is 33.7 Å². The molecule has 0 aromatic carbocycles. The molecule has 0 radical (unpaired) electrons. The van der Waals surface area contributed by atoms with Crippen LogP contribution in [0.1, 0.15) is 34.6 Å². The molecule has 1 fully saturated rings. The smallest absolute Gasteiger partial charge is 0.0757 e. The fraction of sp³-hybridized carbons (Fsp3) is 1.00. The first-order valence-corrected chi connectivity index (χ1v) is 6.42. The fourth-order valence-corrected chi connectivity index (χ4v) is 2.75. The van der Waals surface area contributed by atoms with Gasteiger partial charge >= 0.3 is 0 Å². The van der Waals surface area contributed by atoms with Crippen molar-refractivity contribution in [2.75, 3.05) is 26.7 Å². The van der Waals surface area contributed by atoms with E-state index in [1.807, 2.05) is 7.05 Å². The largest absolute Gasteiger partial charge is 0.370 e. The molecule has 1 rings (SSSR count). The zero-order chi connectivity index (χ0) is 12.3. The van der Waals surface area contributed by atoms with Crippen molar-refractivity contribution in [2.24, 2.45) is 5.92 Å². The van der Waals surface area contributed by atoms with Gasteiger partial charge in [-0.15, -0.1) is 0 Å². The lowest BCUT2D eigenvalue weighted by atomic mass is 9.97. The van der Waals surface area contributed by atoms with E-state index in [2.05, 4.69) is 44.8 Å². The number of hydrogen-bond acceptors (Lipinski definition) is 3. The van der Waals surface area contributed by atoms with Gasteiger partial charge in [0.2, 0.25) is 0 Å². The molecule has 0 saturated carbocycles. The zero-order valence-corrected chi connectivity index (χ0v) is 11.7. The van der Waals surface area contributed by atoms with Gasteiger partial charge in [-0.2, -0.15) is 0 Å². The van der Waals surface area contributed by atoms with Crippen LogP contribution in [0, 0.1) is 5.92 Å². The third-order valence-electron chi connectivity index (χ3n) is 3.25. The monoisotopic (exact) mass is 228 g/mol. The van der Waals surface area contributed by atoms with Crippen LogP contribution in [0.3, 0.4) is 0 Å².